The smallest absolute Gasteiger partial charge is 0.165 e. The molecule has 0 aliphatic carbocycles. The van der Waals surface area contributed by atoms with Crippen molar-refractivity contribution in [2.45, 2.75) is 27.7 Å². The molecule has 0 saturated heterocycles. The van der Waals surface area contributed by atoms with Gasteiger partial charge in [-0.3, -0.25) is 0 Å². The normalized spacial score (nSPS) is 11.3. The van der Waals surface area contributed by atoms with Gasteiger partial charge in [0.2, 0.25) is 0 Å². The number of aryl methyl sites for hydroxylation is 2. The average Bonchev–Trinajstić information content (AvgIpc) is 3.64. The summed E-state index contributed by atoms with van der Waals surface area (Å²) >= 11 is 3.77. The summed E-state index contributed by atoms with van der Waals surface area (Å²) in [5.74, 6) is 2.06. The summed E-state index contributed by atoms with van der Waals surface area (Å²) in [5, 5.41) is 5.31. The molecule has 0 N–H and O–H groups in total. The maximum atomic E-state index is 5.05. The van der Waals surface area contributed by atoms with Gasteiger partial charge in [0.1, 0.15) is 0 Å². The van der Waals surface area contributed by atoms with Crippen molar-refractivity contribution < 1.29 is 0 Å². The van der Waals surface area contributed by atoms with E-state index in [4.69, 9.17) is 15.0 Å². The third kappa shape index (κ3) is 4.20. The summed E-state index contributed by atoms with van der Waals surface area (Å²) in [7, 11) is 0. The number of thiophene rings is 2. The number of hydrogen-bond donors (Lipinski definition) is 0. The van der Waals surface area contributed by atoms with Crippen LogP contribution in [0.3, 0.4) is 0 Å². The molecule has 0 aliphatic heterocycles. The molecule has 3 aromatic heterocycles. The van der Waals surface area contributed by atoms with Gasteiger partial charge in [-0.15, -0.1) is 22.7 Å². The van der Waals surface area contributed by atoms with Crippen LogP contribution in [-0.2, 0) is 0 Å². The maximum absolute atomic E-state index is 5.05. The van der Waals surface area contributed by atoms with E-state index in [1.54, 1.807) is 0 Å². The van der Waals surface area contributed by atoms with Crippen LogP contribution in [0, 0.1) is 13.8 Å². The van der Waals surface area contributed by atoms with E-state index in [-0.39, 0.29) is 0 Å². The lowest BCUT2D eigenvalue weighted by Gasteiger charge is -2.09. The van der Waals surface area contributed by atoms with Crippen molar-refractivity contribution in [3.05, 3.63) is 114 Å². The van der Waals surface area contributed by atoms with Crippen molar-refractivity contribution in [2.24, 2.45) is 0 Å². The number of benzene rings is 5. The largest absolute Gasteiger partial charge is 0.208 e. The highest BCUT2D eigenvalue weighted by molar-refractivity contribution is 7.30. The van der Waals surface area contributed by atoms with Crippen molar-refractivity contribution >= 4 is 63.0 Å². The van der Waals surface area contributed by atoms with Crippen LogP contribution in [0.4, 0.5) is 0 Å². The van der Waals surface area contributed by atoms with E-state index in [1.807, 2.05) is 72.9 Å². The van der Waals surface area contributed by atoms with Gasteiger partial charge in [-0.1, -0.05) is 105 Å². The molecule has 5 heteroatoms. The maximum Gasteiger partial charge on any atom is 0.165 e. The highest BCUT2D eigenvalue weighted by Gasteiger charge is 2.21. The molecule has 5 aromatic carbocycles. The van der Waals surface area contributed by atoms with E-state index in [0.717, 1.165) is 16.7 Å². The first-order chi connectivity index (χ1) is 20.7. The van der Waals surface area contributed by atoms with E-state index in [0.29, 0.717) is 17.5 Å². The topological polar surface area (TPSA) is 38.7 Å². The quantitative estimate of drug-likeness (QED) is 0.209. The first kappa shape index (κ1) is 26.4. The van der Waals surface area contributed by atoms with Crippen molar-refractivity contribution in [1.82, 2.24) is 15.0 Å². The fourth-order valence-electron chi connectivity index (χ4n) is 5.67. The van der Waals surface area contributed by atoms with Crippen molar-refractivity contribution in [3.8, 4) is 34.2 Å². The summed E-state index contributed by atoms with van der Waals surface area (Å²) in [5.41, 5.74) is 5.71. The van der Waals surface area contributed by atoms with E-state index in [2.05, 4.69) is 80.6 Å². The van der Waals surface area contributed by atoms with E-state index in [1.165, 1.54) is 51.5 Å². The van der Waals surface area contributed by atoms with Gasteiger partial charge < -0.3 is 0 Å². The molecular formula is C37H29N3S2. The minimum Gasteiger partial charge on any atom is -0.208 e. The number of aromatic nitrogens is 3. The molecular weight excluding hydrogens is 551 g/mol. The van der Waals surface area contributed by atoms with Crippen molar-refractivity contribution in [3.63, 3.8) is 0 Å². The van der Waals surface area contributed by atoms with Crippen LogP contribution in [0.1, 0.15) is 25.0 Å². The number of rotatable bonds is 3. The lowest BCUT2D eigenvalue weighted by Crippen LogP contribution is -2.00. The Kier molecular flexibility index (Phi) is 6.77. The number of nitrogens with zero attached hydrogens (tertiary/aromatic N) is 3. The van der Waals surface area contributed by atoms with Gasteiger partial charge in [-0.25, -0.2) is 15.0 Å². The number of hydrogen-bond acceptors (Lipinski definition) is 5. The van der Waals surface area contributed by atoms with E-state index >= 15 is 0 Å². The van der Waals surface area contributed by atoms with Gasteiger partial charge >= 0.3 is 0 Å². The zero-order chi connectivity index (χ0) is 28.8. The second-order valence-corrected chi connectivity index (χ2v) is 12.2. The molecule has 8 rings (SSSR count). The summed E-state index contributed by atoms with van der Waals surface area (Å²) in [6, 6.07) is 35.7. The molecule has 0 radical (unpaired) electrons. The minimum absolute atomic E-state index is 0.681. The Balaban J connectivity index is 0.00000141. The standard InChI is InChI=1S/C35H23N3S2.C2H6/c1-20-21(2)30-29(24-16-9-10-19-27(24)39-30)32-28(20)25-17-11-18-26(31(25)40-32)35-37-33(22-12-5-3-6-13-22)36-34(38-35)23-14-7-4-8-15-23;1-2/h3-19H,1-2H3;1-2H3. The van der Waals surface area contributed by atoms with Crippen molar-refractivity contribution in [1.29, 1.82) is 0 Å². The molecule has 42 heavy (non-hydrogen) atoms. The van der Waals surface area contributed by atoms with Crippen LogP contribution >= 0.6 is 22.7 Å². The van der Waals surface area contributed by atoms with Gasteiger partial charge in [-0.05, 0) is 37.1 Å². The second kappa shape index (κ2) is 10.8. The molecule has 0 amide bonds. The highest BCUT2D eigenvalue weighted by atomic mass is 32.1. The fraction of sp³-hybridized carbons (Fsp3) is 0.108. The fourth-order valence-corrected chi connectivity index (χ4v) is 8.43. The van der Waals surface area contributed by atoms with Crippen LogP contribution in [-0.4, -0.2) is 15.0 Å². The SMILES string of the molecule is CC.Cc1c(C)c2c3cccc(-c4nc(-c5ccccc5)nc(-c5ccccc5)n4)c3sc2c2c1sc1ccccc12. The Morgan fingerprint density at radius 2 is 1.02 bits per heavy atom. The lowest BCUT2D eigenvalue weighted by molar-refractivity contribution is 1.08. The van der Waals surface area contributed by atoms with Gasteiger partial charge in [0.05, 0.1) is 0 Å². The molecule has 0 atom stereocenters. The molecule has 204 valence electrons. The monoisotopic (exact) mass is 579 g/mol. The molecule has 3 heterocycles. The summed E-state index contributed by atoms with van der Waals surface area (Å²) in [6.45, 7) is 8.54. The number of fused-ring (bicyclic) bond motifs is 7. The van der Waals surface area contributed by atoms with E-state index < -0.39 is 0 Å². The zero-order valence-corrected chi connectivity index (χ0v) is 25.6. The van der Waals surface area contributed by atoms with E-state index in [9.17, 15) is 0 Å². The summed E-state index contributed by atoms with van der Waals surface area (Å²) in [6.07, 6.45) is 0. The molecule has 0 saturated carbocycles. The molecule has 8 aromatic rings. The summed E-state index contributed by atoms with van der Waals surface area (Å²) in [4.78, 5) is 15.0. The zero-order valence-electron chi connectivity index (χ0n) is 24.0. The van der Waals surface area contributed by atoms with Gasteiger partial charge in [0, 0.05) is 57.0 Å². The molecule has 3 nitrogen and oxygen atoms in total. The Labute approximate surface area is 253 Å². The highest BCUT2D eigenvalue weighted by Crippen LogP contribution is 2.49. The van der Waals surface area contributed by atoms with Gasteiger partial charge in [0.15, 0.2) is 17.5 Å². The Morgan fingerprint density at radius 3 is 1.69 bits per heavy atom. The van der Waals surface area contributed by atoms with Crippen molar-refractivity contribution in [2.75, 3.05) is 0 Å². The van der Waals surface area contributed by atoms with Gasteiger partial charge in [-0.2, -0.15) is 0 Å². The molecule has 0 spiro atoms. The Bertz CT molecular complexity index is 2170. The second-order valence-electron chi connectivity index (χ2n) is 10.1. The summed E-state index contributed by atoms with van der Waals surface area (Å²) < 4.78 is 5.28. The molecule has 0 fully saturated rings. The lowest BCUT2D eigenvalue weighted by atomic mass is 9.98. The third-order valence-corrected chi connectivity index (χ3v) is 10.3. The Morgan fingerprint density at radius 1 is 0.452 bits per heavy atom. The van der Waals surface area contributed by atoms with Crippen LogP contribution in [0.2, 0.25) is 0 Å². The van der Waals surface area contributed by atoms with Gasteiger partial charge in [0.25, 0.3) is 0 Å². The molecule has 0 aliphatic rings. The van der Waals surface area contributed by atoms with Crippen LogP contribution in [0.15, 0.2) is 103 Å². The average molecular weight is 580 g/mol. The predicted octanol–water partition coefficient (Wildman–Crippen LogP) is 11.3. The third-order valence-electron chi connectivity index (χ3n) is 7.76. The minimum atomic E-state index is 0.681. The molecule has 0 bridgehead atoms. The first-order valence-electron chi connectivity index (χ1n) is 14.3. The van der Waals surface area contributed by atoms with Crippen LogP contribution < -0.4 is 0 Å². The van der Waals surface area contributed by atoms with Crippen LogP contribution in [0.25, 0.3) is 74.5 Å². The predicted molar refractivity (Wildman–Crippen MR) is 183 cm³/mol. The van der Waals surface area contributed by atoms with Crippen LogP contribution in [0.5, 0.6) is 0 Å². The Hall–Kier alpha value is -4.45. The molecule has 0 unspecified atom stereocenters. The first-order valence-corrected chi connectivity index (χ1v) is 15.9.